The van der Waals surface area contributed by atoms with Crippen molar-refractivity contribution in [3.05, 3.63) is 35.4 Å². The Kier molecular flexibility index (Phi) is 7.49. The van der Waals surface area contributed by atoms with Crippen LogP contribution in [0.5, 0.6) is 0 Å². The van der Waals surface area contributed by atoms with Gasteiger partial charge in [0.2, 0.25) is 0 Å². The number of aliphatic imine (C=N–C) groups is 1. The minimum Gasteiger partial charge on any atom is -0.356 e. The van der Waals surface area contributed by atoms with Crippen molar-refractivity contribution in [1.29, 1.82) is 0 Å². The van der Waals surface area contributed by atoms with E-state index < -0.39 is 21.6 Å². The zero-order valence-electron chi connectivity index (χ0n) is 15.2. The number of rotatable bonds is 6. The van der Waals surface area contributed by atoms with E-state index >= 15 is 0 Å². The predicted octanol–water partition coefficient (Wildman–Crippen LogP) is 1.14. The second-order valence-corrected chi connectivity index (χ2v) is 8.67. The molecule has 0 unspecified atom stereocenters. The lowest BCUT2D eigenvalue weighted by Gasteiger charge is -2.26. The number of hydrogen-bond donors (Lipinski definition) is 2. The van der Waals surface area contributed by atoms with Gasteiger partial charge in [0.25, 0.3) is 0 Å². The Bertz CT molecular complexity index is 720. The average molecular weight is 406 g/mol. The summed E-state index contributed by atoms with van der Waals surface area (Å²) in [6.07, 6.45) is -3.75. The molecule has 0 amide bonds. The zero-order chi connectivity index (χ0) is 19.9. The molecule has 1 fully saturated rings. The third-order valence-corrected chi connectivity index (χ3v) is 5.98. The topological polar surface area (TPSA) is 73.8 Å². The van der Waals surface area contributed by atoms with E-state index in [-0.39, 0.29) is 11.5 Å². The summed E-state index contributed by atoms with van der Waals surface area (Å²) in [7, 11) is -1.23. The Morgan fingerprint density at radius 2 is 1.70 bits per heavy atom. The van der Waals surface area contributed by atoms with Crippen molar-refractivity contribution in [3.8, 4) is 0 Å². The summed E-state index contributed by atoms with van der Waals surface area (Å²) >= 11 is 0. The molecule has 27 heavy (non-hydrogen) atoms. The molecule has 2 rings (SSSR count). The Morgan fingerprint density at radius 1 is 1.11 bits per heavy atom. The van der Waals surface area contributed by atoms with Crippen LogP contribution in [0.1, 0.15) is 11.1 Å². The van der Waals surface area contributed by atoms with Crippen molar-refractivity contribution < 1.29 is 21.6 Å². The van der Waals surface area contributed by atoms with E-state index in [0.717, 1.165) is 24.2 Å². The van der Waals surface area contributed by atoms with E-state index in [1.54, 1.807) is 7.05 Å². The molecule has 0 saturated carbocycles. The first-order valence-electron chi connectivity index (χ1n) is 8.73. The molecule has 152 valence electrons. The molecule has 0 spiro atoms. The van der Waals surface area contributed by atoms with Gasteiger partial charge in [-0.15, -0.1) is 0 Å². The average Bonchev–Trinajstić information content (AvgIpc) is 2.61. The molecule has 0 atom stereocenters. The highest BCUT2D eigenvalue weighted by Gasteiger charge is 2.29. The molecular weight excluding hydrogens is 381 g/mol. The summed E-state index contributed by atoms with van der Waals surface area (Å²) in [6.45, 7) is 2.97. The molecule has 0 aliphatic carbocycles. The van der Waals surface area contributed by atoms with Gasteiger partial charge in [-0.05, 0) is 24.1 Å². The van der Waals surface area contributed by atoms with Gasteiger partial charge in [0.05, 0.1) is 17.1 Å². The van der Waals surface area contributed by atoms with E-state index in [1.807, 2.05) is 0 Å². The Hall–Kier alpha value is -1.81. The van der Waals surface area contributed by atoms with Gasteiger partial charge >= 0.3 is 6.18 Å². The van der Waals surface area contributed by atoms with Crippen LogP contribution in [0.2, 0.25) is 0 Å². The number of nitrogens with zero attached hydrogens (tertiary/aromatic N) is 2. The fourth-order valence-corrected chi connectivity index (χ4v) is 3.99. The maximum Gasteiger partial charge on any atom is 0.416 e. The second kappa shape index (κ2) is 9.41. The van der Waals surface area contributed by atoms with Gasteiger partial charge in [0.15, 0.2) is 15.8 Å². The predicted molar refractivity (Wildman–Crippen MR) is 99.6 cm³/mol. The van der Waals surface area contributed by atoms with Crippen molar-refractivity contribution in [2.75, 3.05) is 51.3 Å². The van der Waals surface area contributed by atoms with Crippen molar-refractivity contribution in [1.82, 2.24) is 15.5 Å². The number of hydrogen-bond acceptors (Lipinski definition) is 4. The first-order valence-corrected chi connectivity index (χ1v) is 10.6. The fourth-order valence-electron chi connectivity index (χ4n) is 2.71. The number of nitrogens with one attached hydrogen (secondary N) is 2. The summed E-state index contributed by atoms with van der Waals surface area (Å²) in [4.78, 5) is 6.19. The second-order valence-electron chi connectivity index (χ2n) is 6.36. The Labute approximate surface area is 157 Å². The van der Waals surface area contributed by atoms with Gasteiger partial charge < -0.3 is 10.6 Å². The first-order chi connectivity index (χ1) is 12.7. The first kappa shape index (κ1) is 21.5. The van der Waals surface area contributed by atoms with Crippen LogP contribution in [0.25, 0.3) is 0 Å². The third kappa shape index (κ3) is 7.37. The molecule has 1 aromatic carbocycles. The van der Waals surface area contributed by atoms with Crippen LogP contribution in [-0.4, -0.2) is 70.6 Å². The number of halogens is 3. The monoisotopic (exact) mass is 406 g/mol. The molecular formula is C17H25F3N4O2S. The third-order valence-electron chi connectivity index (χ3n) is 4.37. The van der Waals surface area contributed by atoms with Crippen LogP contribution in [0.15, 0.2) is 29.3 Å². The van der Waals surface area contributed by atoms with Crippen LogP contribution in [-0.2, 0) is 22.4 Å². The highest BCUT2D eigenvalue weighted by atomic mass is 32.2. The Morgan fingerprint density at radius 3 is 2.26 bits per heavy atom. The largest absolute Gasteiger partial charge is 0.416 e. The van der Waals surface area contributed by atoms with Crippen LogP contribution in [0, 0.1) is 0 Å². The van der Waals surface area contributed by atoms with Crippen molar-refractivity contribution >= 4 is 15.8 Å². The summed E-state index contributed by atoms with van der Waals surface area (Å²) in [6, 6.07) is 5.12. The maximum absolute atomic E-state index is 12.5. The molecule has 1 saturated heterocycles. The number of alkyl halides is 3. The quantitative estimate of drug-likeness (QED) is 0.548. The highest BCUT2D eigenvalue weighted by molar-refractivity contribution is 7.91. The SMILES string of the molecule is CN=C(NCCc1ccc(C(F)(F)F)cc1)NCCN1CCS(=O)(=O)CC1. The molecule has 0 bridgehead atoms. The summed E-state index contributed by atoms with van der Waals surface area (Å²) < 4.78 is 60.4. The van der Waals surface area contributed by atoms with Crippen LogP contribution >= 0.6 is 0 Å². The molecule has 0 aromatic heterocycles. The zero-order valence-corrected chi connectivity index (χ0v) is 16.0. The molecule has 1 aliphatic rings. The molecule has 0 radical (unpaired) electrons. The molecule has 6 nitrogen and oxygen atoms in total. The molecule has 1 aliphatic heterocycles. The van der Waals surface area contributed by atoms with Gasteiger partial charge in [-0.3, -0.25) is 9.89 Å². The highest BCUT2D eigenvalue weighted by Crippen LogP contribution is 2.29. The van der Waals surface area contributed by atoms with E-state index in [4.69, 9.17) is 0 Å². The van der Waals surface area contributed by atoms with Gasteiger partial charge in [0.1, 0.15) is 0 Å². The van der Waals surface area contributed by atoms with E-state index in [2.05, 4.69) is 20.5 Å². The van der Waals surface area contributed by atoms with Crippen LogP contribution < -0.4 is 10.6 Å². The molecule has 10 heteroatoms. The lowest BCUT2D eigenvalue weighted by atomic mass is 10.1. The maximum atomic E-state index is 12.5. The van der Waals surface area contributed by atoms with E-state index in [9.17, 15) is 21.6 Å². The molecule has 1 heterocycles. The minimum atomic E-state index is -4.32. The lowest BCUT2D eigenvalue weighted by Crippen LogP contribution is -2.46. The lowest BCUT2D eigenvalue weighted by molar-refractivity contribution is -0.137. The fraction of sp³-hybridized carbons (Fsp3) is 0.588. The normalized spacial score (nSPS) is 18.3. The summed E-state index contributed by atoms with van der Waals surface area (Å²) in [5.74, 6) is 1.01. The Balaban J connectivity index is 1.67. The van der Waals surface area contributed by atoms with Gasteiger partial charge in [-0.2, -0.15) is 13.2 Å². The summed E-state index contributed by atoms with van der Waals surface area (Å²) in [5, 5.41) is 6.27. The van der Waals surface area contributed by atoms with Crippen molar-refractivity contribution in [2.45, 2.75) is 12.6 Å². The van der Waals surface area contributed by atoms with Gasteiger partial charge in [-0.1, -0.05) is 12.1 Å². The number of benzene rings is 1. The van der Waals surface area contributed by atoms with Crippen molar-refractivity contribution in [3.63, 3.8) is 0 Å². The smallest absolute Gasteiger partial charge is 0.356 e. The minimum absolute atomic E-state index is 0.201. The summed E-state index contributed by atoms with van der Waals surface area (Å²) in [5.41, 5.74) is 0.155. The van der Waals surface area contributed by atoms with Crippen LogP contribution in [0.3, 0.4) is 0 Å². The number of sulfone groups is 1. The van der Waals surface area contributed by atoms with Gasteiger partial charge in [0, 0.05) is 39.8 Å². The van der Waals surface area contributed by atoms with E-state index in [0.29, 0.717) is 38.6 Å². The van der Waals surface area contributed by atoms with Crippen LogP contribution in [0.4, 0.5) is 13.2 Å². The number of guanidine groups is 1. The standard InChI is InChI=1S/C17H25F3N4O2S/c1-21-16(23-8-9-24-10-12-27(25,26)13-11-24)22-7-6-14-2-4-15(5-3-14)17(18,19)20/h2-5H,6-13H2,1H3,(H2,21,22,23). The van der Waals surface area contributed by atoms with Gasteiger partial charge in [-0.25, -0.2) is 8.42 Å². The molecule has 2 N–H and O–H groups in total. The van der Waals surface area contributed by atoms with E-state index in [1.165, 1.54) is 12.1 Å². The molecule has 1 aromatic rings. The van der Waals surface area contributed by atoms with Crippen molar-refractivity contribution in [2.24, 2.45) is 4.99 Å².